The average molecular weight is 314 g/mol. The van der Waals surface area contributed by atoms with Crippen LogP contribution in [0.3, 0.4) is 0 Å². The number of benzene rings is 1. The molecule has 0 radical (unpaired) electrons. The first-order valence-electron chi connectivity index (χ1n) is 5.84. The minimum Gasteiger partial charge on any atom is -0.379 e. The SMILES string of the molecule is Fc1cc(Br)ccc1N1C=NN([C@@H]2CCOC2)C1. The molecule has 0 aliphatic carbocycles. The topological polar surface area (TPSA) is 28.1 Å². The van der Waals surface area contributed by atoms with Gasteiger partial charge in [0.1, 0.15) is 18.8 Å². The van der Waals surface area contributed by atoms with Crippen molar-refractivity contribution in [2.45, 2.75) is 12.5 Å². The molecule has 0 spiro atoms. The summed E-state index contributed by atoms with van der Waals surface area (Å²) < 4.78 is 19.9. The van der Waals surface area contributed by atoms with Gasteiger partial charge in [-0.25, -0.2) is 4.39 Å². The second-order valence-electron chi connectivity index (χ2n) is 4.39. The van der Waals surface area contributed by atoms with Crippen molar-refractivity contribution in [2.24, 2.45) is 5.10 Å². The number of hydrazone groups is 1. The van der Waals surface area contributed by atoms with Gasteiger partial charge < -0.3 is 9.64 Å². The van der Waals surface area contributed by atoms with Gasteiger partial charge in [0, 0.05) is 11.1 Å². The molecule has 6 heteroatoms. The summed E-state index contributed by atoms with van der Waals surface area (Å²) in [5.41, 5.74) is 0.545. The van der Waals surface area contributed by atoms with E-state index in [0.29, 0.717) is 25.0 Å². The Hall–Kier alpha value is -1.14. The Morgan fingerprint density at radius 3 is 3.06 bits per heavy atom. The largest absolute Gasteiger partial charge is 0.379 e. The lowest BCUT2D eigenvalue weighted by molar-refractivity contribution is 0.154. The van der Waals surface area contributed by atoms with E-state index in [1.54, 1.807) is 17.3 Å². The smallest absolute Gasteiger partial charge is 0.148 e. The maximum Gasteiger partial charge on any atom is 0.148 e. The first kappa shape index (κ1) is 11.9. The van der Waals surface area contributed by atoms with Gasteiger partial charge in [0.05, 0.1) is 18.3 Å². The molecule has 0 aromatic heterocycles. The highest BCUT2D eigenvalue weighted by Crippen LogP contribution is 2.25. The summed E-state index contributed by atoms with van der Waals surface area (Å²) in [4.78, 5) is 1.81. The molecule has 96 valence electrons. The van der Waals surface area contributed by atoms with E-state index in [1.807, 2.05) is 11.1 Å². The van der Waals surface area contributed by atoms with Crippen LogP contribution >= 0.6 is 15.9 Å². The fraction of sp³-hybridized carbons (Fsp3) is 0.417. The number of nitrogens with zero attached hydrogens (tertiary/aromatic N) is 3. The highest BCUT2D eigenvalue weighted by atomic mass is 79.9. The van der Waals surface area contributed by atoms with Crippen molar-refractivity contribution in [3.8, 4) is 0 Å². The van der Waals surface area contributed by atoms with Gasteiger partial charge in [-0.3, -0.25) is 5.01 Å². The van der Waals surface area contributed by atoms with E-state index < -0.39 is 0 Å². The molecule has 2 heterocycles. The molecule has 1 aromatic carbocycles. The van der Waals surface area contributed by atoms with Crippen LogP contribution in [0.4, 0.5) is 10.1 Å². The minimum atomic E-state index is -0.250. The van der Waals surface area contributed by atoms with Crippen LogP contribution in [0, 0.1) is 5.82 Å². The van der Waals surface area contributed by atoms with Gasteiger partial charge in [0.25, 0.3) is 0 Å². The van der Waals surface area contributed by atoms with Gasteiger partial charge in [-0.1, -0.05) is 15.9 Å². The summed E-state index contributed by atoms with van der Waals surface area (Å²) in [7, 11) is 0. The number of anilines is 1. The minimum absolute atomic E-state index is 0.250. The molecule has 1 saturated heterocycles. The van der Waals surface area contributed by atoms with Gasteiger partial charge in [-0.05, 0) is 24.6 Å². The monoisotopic (exact) mass is 313 g/mol. The Balaban J connectivity index is 1.73. The van der Waals surface area contributed by atoms with Crippen molar-refractivity contribution in [3.05, 3.63) is 28.5 Å². The molecule has 0 N–H and O–H groups in total. The number of hydrogen-bond donors (Lipinski definition) is 0. The van der Waals surface area contributed by atoms with Crippen LogP contribution in [0.5, 0.6) is 0 Å². The standard InChI is InChI=1S/C12H13BrFN3O/c13-9-1-2-12(11(14)5-9)16-7-15-17(8-16)10-3-4-18-6-10/h1-2,5,7,10H,3-4,6,8H2/t10-/m1/s1. The average Bonchev–Trinajstić information content (AvgIpc) is 2.99. The molecule has 1 fully saturated rings. The maximum absolute atomic E-state index is 13.8. The zero-order valence-electron chi connectivity index (χ0n) is 9.72. The molecule has 3 rings (SSSR count). The highest BCUT2D eigenvalue weighted by Gasteiger charge is 2.27. The van der Waals surface area contributed by atoms with Crippen LogP contribution < -0.4 is 4.90 Å². The van der Waals surface area contributed by atoms with Crippen LogP contribution in [0.2, 0.25) is 0 Å². The van der Waals surface area contributed by atoms with Crippen LogP contribution in [-0.2, 0) is 4.74 Å². The molecule has 18 heavy (non-hydrogen) atoms. The molecule has 2 aliphatic rings. The maximum atomic E-state index is 13.8. The Bertz CT molecular complexity index is 476. The van der Waals surface area contributed by atoms with Gasteiger partial charge in [-0.15, -0.1) is 0 Å². The number of ether oxygens (including phenoxy) is 1. The van der Waals surface area contributed by atoms with Crippen LogP contribution in [0.25, 0.3) is 0 Å². The number of hydrogen-bond acceptors (Lipinski definition) is 4. The molecule has 1 aromatic rings. The van der Waals surface area contributed by atoms with Crippen molar-refractivity contribution < 1.29 is 9.13 Å². The van der Waals surface area contributed by atoms with E-state index >= 15 is 0 Å². The lowest BCUT2D eigenvalue weighted by Crippen LogP contribution is -2.34. The Morgan fingerprint density at radius 2 is 2.33 bits per heavy atom. The molecule has 0 amide bonds. The molecule has 1 atom stereocenters. The van der Waals surface area contributed by atoms with Crippen molar-refractivity contribution in [2.75, 3.05) is 24.8 Å². The van der Waals surface area contributed by atoms with E-state index in [-0.39, 0.29) is 5.82 Å². The molecule has 0 bridgehead atoms. The third kappa shape index (κ3) is 2.22. The van der Waals surface area contributed by atoms with E-state index in [9.17, 15) is 4.39 Å². The van der Waals surface area contributed by atoms with Gasteiger partial charge in [0.2, 0.25) is 0 Å². The van der Waals surface area contributed by atoms with Crippen LogP contribution in [-0.4, -0.2) is 37.3 Å². The Kier molecular flexibility index (Phi) is 3.22. The van der Waals surface area contributed by atoms with Crippen molar-refractivity contribution in [3.63, 3.8) is 0 Å². The van der Waals surface area contributed by atoms with Gasteiger partial charge in [0.15, 0.2) is 0 Å². The molecular formula is C12H13BrFN3O. The number of rotatable bonds is 2. The Morgan fingerprint density at radius 1 is 1.44 bits per heavy atom. The third-order valence-corrected chi connectivity index (χ3v) is 3.68. The van der Waals surface area contributed by atoms with E-state index in [0.717, 1.165) is 17.5 Å². The summed E-state index contributed by atoms with van der Waals surface area (Å²) in [5, 5.41) is 6.27. The summed E-state index contributed by atoms with van der Waals surface area (Å²) in [6.07, 6.45) is 2.65. The zero-order valence-corrected chi connectivity index (χ0v) is 11.3. The normalized spacial score (nSPS) is 23.1. The highest BCUT2D eigenvalue weighted by molar-refractivity contribution is 9.10. The lowest BCUT2D eigenvalue weighted by Gasteiger charge is -2.23. The summed E-state index contributed by atoms with van der Waals surface area (Å²) in [6, 6.07) is 5.35. The van der Waals surface area contributed by atoms with Gasteiger partial charge >= 0.3 is 0 Å². The second kappa shape index (κ2) is 4.85. The third-order valence-electron chi connectivity index (χ3n) is 3.18. The summed E-state index contributed by atoms with van der Waals surface area (Å²) >= 11 is 3.25. The zero-order chi connectivity index (χ0) is 12.5. The summed E-state index contributed by atoms with van der Waals surface area (Å²) in [6.45, 7) is 2.06. The molecule has 0 saturated carbocycles. The first-order chi connectivity index (χ1) is 8.74. The lowest BCUT2D eigenvalue weighted by atomic mass is 10.2. The van der Waals surface area contributed by atoms with E-state index in [1.165, 1.54) is 6.07 Å². The van der Waals surface area contributed by atoms with Crippen LogP contribution in [0.1, 0.15) is 6.42 Å². The fourth-order valence-electron chi connectivity index (χ4n) is 2.18. The van der Waals surface area contributed by atoms with E-state index in [4.69, 9.17) is 4.74 Å². The van der Waals surface area contributed by atoms with Crippen molar-refractivity contribution in [1.82, 2.24) is 5.01 Å². The van der Waals surface area contributed by atoms with Crippen LogP contribution in [0.15, 0.2) is 27.8 Å². The molecule has 2 aliphatic heterocycles. The molecule has 0 unspecified atom stereocenters. The van der Waals surface area contributed by atoms with E-state index in [2.05, 4.69) is 21.0 Å². The first-order valence-corrected chi connectivity index (χ1v) is 6.63. The fourth-order valence-corrected chi connectivity index (χ4v) is 2.51. The second-order valence-corrected chi connectivity index (χ2v) is 5.31. The Labute approximate surface area is 113 Å². The van der Waals surface area contributed by atoms with Crippen molar-refractivity contribution >= 4 is 28.0 Å². The van der Waals surface area contributed by atoms with Gasteiger partial charge in [-0.2, -0.15) is 5.10 Å². The quantitative estimate of drug-likeness (QED) is 0.839. The van der Waals surface area contributed by atoms with Crippen molar-refractivity contribution in [1.29, 1.82) is 0 Å². The molecular weight excluding hydrogens is 301 g/mol. The molecule has 4 nitrogen and oxygen atoms in total. The number of halogens is 2. The predicted molar refractivity (Wildman–Crippen MR) is 71.0 cm³/mol. The summed E-state index contributed by atoms with van der Waals surface area (Å²) in [5.74, 6) is -0.250. The predicted octanol–water partition coefficient (Wildman–Crippen LogP) is 2.40.